The second kappa shape index (κ2) is 2.38. The van der Waals surface area contributed by atoms with E-state index in [1.165, 1.54) is 5.22 Å². The Morgan fingerprint density at radius 1 is 1.55 bits per heavy atom. The second-order valence-corrected chi connectivity index (χ2v) is 2.75. The molecule has 2 rings (SSSR count). The van der Waals surface area contributed by atoms with Crippen molar-refractivity contribution in [2.24, 2.45) is 0 Å². The van der Waals surface area contributed by atoms with E-state index in [0.29, 0.717) is 0 Å². The first-order valence-corrected chi connectivity index (χ1v) is 3.69. The van der Waals surface area contributed by atoms with Gasteiger partial charge in [-0.3, -0.25) is 4.98 Å². The molecule has 1 aromatic heterocycles. The third-order valence-electron chi connectivity index (χ3n) is 1.80. The molecule has 0 fully saturated rings. The molecule has 0 saturated heterocycles. The molecule has 0 bridgehead atoms. The monoisotopic (exact) mass is 146 g/mol. The van der Waals surface area contributed by atoms with Crippen LogP contribution in [0.1, 0.15) is 0 Å². The second-order valence-electron chi connectivity index (χ2n) is 2.75. The molecular weight excluding hydrogens is 136 g/mol. The summed E-state index contributed by atoms with van der Waals surface area (Å²) in [5, 5.41) is 2.31. The summed E-state index contributed by atoms with van der Waals surface area (Å²) in [4.78, 5) is 6.38. The topological polar surface area (TPSA) is 16.1 Å². The van der Waals surface area contributed by atoms with Gasteiger partial charge in [-0.25, -0.2) is 0 Å². The van der Waals surface area contributed by atoms with Gasteiger partial charge in [-0.2, -0.15) is 0 Å². The van der Waals surface area contributed by atoms with E-state index in [1.807, 2.05) is 12.3 Å². The van der Waals surface area contributed by atoms with Crippen LogP contribution in [0.5, 0.6) is 0 Å². The highest BCUT2D eigenvalue weighted by molar-refractivity contribution is 5.34. The van der Waals surface area contributed by atoms with E-state index >= 15 is 0 Å². The molecule has 2 heterocycles. The van der Waals surface area contributed by atoms with Crippen molar-refractivity contribution in [2.45, 2.75) is 0 Å². The quantitative estimate of drug-likeness (QED) is 0.492. The van der Waals surface area contributed by atoms with E-state index in [-0.39, 0.29) is 0 Å². The third-order valence-corrected chi connectivity index (χ3v) is 1.80. The number of hydrogen-bond acceptors (Lipinski definition) is 2. The lowest BCUT2D eigenvalue weighted by molar-refractivity contribution is 0.562. The summed E-state index contributed by atoms with van der Waals surface area (Å²) in [6.45, 7) is 0.962. The van der Waals surface area contributed by atoms with Crippen LogP contribution in [0.2, 0.25) is 0 Å². The molecule has 1 aliphatic rings. The molecule has 0 spiro atoms. The Morgan fingerprint density at radius 2 is 2.45 bits per heavy atom. The molecule has 0 aliphatic carbocycles. The Labute approximate surface area is 65.5 Å². The third kappa shape index (κ3) is 1.11. The molecule has 0 amide bonds. The summed E-state index contributed by atoms with van der Waals surface area (Å²) in [5.74, 6) is 0. The van der Waals surface area contributed by atoms with Crippen molar-refractivity contribution in [3.63, 3.8) is 0 Å². The zero-order valence-corrected chi connectivity index (χ0v) is 6.49. The molecule has 2 nitrogen and oxygen atoms in total. The fourth-order valence-electron chi connectivity index (χ4n) is 1.23. The average Bonchev–Trinajstić information content (AvgIpc) is 2.04. The number of fused-ring (bicyclic) bond motifs is 1. The van der Waals surface area contributed by atoms with Gasteiger partial charge in [0.2, 0.25) is 0 Å². The first-order valence-electron chi connectivity index (χ1n) is 3.69. The minimum absolute atomic E-state index is 0.962. The van der Waals surface area contributed by atoms with Gasteiger partial charge in [0.05, 0.1) is 5.35 Å². The van der Waals surface area contributed by atoms with Gasteiger partial charge in [-0.05, 0) is 18.2 Å². The molecule has 56 valence electrons. The van der Waals surface area contributed by atoms with Crippen molar-refractivity contribution in [1.29, 1.82) is 0 Å². The maximum absolute atomic E-state index is 4.24. The Bertz CT molecular complexity index is 367. The molecular formula is C9H10N2. The Morgan fingerprint density at radius 3 is 3.36 bits per heavy atom. The smallest absolute Gasteiger partial charge is 0.0694 e. The lowest BCUT2D eigenvalue weighted by atomic mass is 10.3. The van der Waals surface area contributed by atoms with Crippen LogP contribution in [0.3, 0.4) is 0 Å². The lowest BCUT2D eigenvalue weighted by Gasteiger charge is -2.13. The number of rotatable bonds is 0. The van der Waals surface area contributed by atoms with Gasteiger partial charge in [-0.1, -0.05) is 0 Å². The summed E-state index contributed by atoms with van der Waals surface area (Å²) in [7, 11) is 2.06. The summed E-state index contributed by atoms with van der Waals surface area (Å²) in [6, 6.07) is 4.04. The predicted molar refractivity (Wildman–Crippen MR) is 45.0 cm³/mol. The molecule has 11 heavy (non-hydrogen) atoms. The van der Waals surface area contributed by atoms with Gasteiger partial charge in [0.25, 0.3) is 0 Å². The number of hydrogen-bond donors (Lipinski definition) is 0. The Hall–Kier alpha value is -1.31. The van der Waals surface area contributed by atoms with Crippen molar-refractivity contribution >= 4 is 12.3 Å². The van der Waals surface area contributed by atoms with E-state index in [2.05, 4.69) is 35.3 Å². The average molecular weight is 146 g/mol. The van der Waals surface area contributed by atoms with Crippen LogP contribution < -0.4 is 10.6 Å². The molecule has 1 aromatic rings. The van der Waals surface area contributed by atoms with E-state index < -0.39 is 0 Å². The summed E-state index contributed by atoms with van der Waals surface area (Å²) in [6.07, 6.45) is 6.08. The van der Waals surface area contributed by atoms with Gasteiger partial charge < -0.3 is 4.90 Å². The highest BCUT2D eigenvalue weighted by Crippen LogP contribution is 1.85. The number of pyridine rings is 1. The molecule has 0 N–H and O–H groups in total. The summed E-state index contributed by atoms with van der Waals surface area (Å²) in [5.41, 5.74) is 0. The van der Waals surface area contributed by atoms with E-state index in [9.17, 15) is 0 Å². The van der Waals surface area contributed by atoms with Crippen molar-refractivity contribution in [3.05, 3.63) is 28.9 Å². The predicted octanol–water partition coefficient (Wildman–Crippen LogP) is -0.454. The standard InChI is InChI=1S/C9H10N2/c1-11-6-4-9-8(7-11)3-2-5-10-9/h2-5,7H,6H2,1H3. The van der Waals surface area contributed by atoms with Crippen LogP contribution in [-0.4, -0.2) is 23.5 Å². The van der Waals surface area contributed by atoms with E-state index in [4.69, 9.17) is 0 Å². The van der Waals surface area contributed by atoms with Crippen LogP contribution in [-0.2, 0) is 0 Å². The molecule has 0 unspecified atom stereocenters. The van der Waals surface area contributed by atoms with Crippen molar-refractivity contribution in [2.75, 3.05) is 13.6 Å². The minimum Gasteiger partial charge on any atom is -0.376 e. The largest absolute Gasteiger partial charge is 0.376 e. The zero-order valence-electron chi connectivity index (χ0n) is 6.49. The van der Waals surface area contributed by atoms with Crippen LogP contribution >= 0.6 is 0 Å². The minimum atomic E-state index is 0.962. The Kier molecular flexibility index (Phi) is 1.39. The SMILES string of the molecule is CN1C=c2cccnc2=CC1. The van der Waals surface area contributed by atoms with Crippen LogP contribution in [0, 0.1) is 0 Å². The van der Waals surface area contributed by atoms with E-state index in [0.717, 1.165) is 11.9 Å². The fraction of sp³-hybridized carbons (Fsp3) is 0.222. The molecule has 1 aliphatic heterocycles. The van der Waals surface area contributed by atoms with Crippen LogP contribution in [0.25, 0.3) is 12.3 Å². The van der Waals surface area contributed by atoms with Crippen molar-refractivity contribution < 1.29 is 0 Å². The van der Waals surface area contributed by atoms with Gasteiger partial charge in [0.15, 0.2) is 0 Å². The normalized spacial score (nSPS) is 14.8. The summed E-state index contributed by atoms with van der Waals surface area (Å²) < 4.78 is 0. The first kappa shape index (κ1) is 6.40. The maximum Gasteiger partial charge on any atom is 0.0694 e. The molecule has 0 saturated carbocycles. The molecule has 0 aromatic carbocycles. The van der Waals surface area contributed by atoms with Gasteiger partial charge in [0, 0.05) is 31.2 Å². The fourth-order valence-corrected chi connectivity index (χ4v) is 1.23. The van der Waals surface area contributed by atoms with Crippen molar-refractivity contribution in [3.8, 4) is 0 Å². The zero-order chi connectivity index (χ0) is 7.68. The molecule has 0 radical (unpaired) electrons. The van der Waals surface area contributed by atoms with Crippen LogP contribution in [0.15, 0.2) is 18.3 Å². The van der Waals surface area contributed by atoms with Crippen molar-refractivity contribution in [1.82, 2.24) is 9.88 Å². The van der Waals surface area contributed by atoms with Gasteiger partial charge >= 0.3 is 0 Å². The van der Waals surface area contributed by atoms with Gasteiger partial charge in [0.1, 0.15) is 0 Å². The number of aromatic nitrogens is 1. The van der Waals surface area contributed by atoms with Crippen LogP contribution in [0.4, 0.5) is 0 Å². The highest BCUT2D eigenvalue weighted by atomic mass is 15.1. The van der Waals surface area contributed by atoms with E-state index in [1.54, 1.807) is 0 Å². The molecule has 2 heteroatoms. The lowest BCUT2D eigenvalue weighted by Crippen LogP contribution is -2.35. The van der Waals surface area contributed by atoms with Gasteiger partial charge in [-0.15, -0.1) is 0 Å². The first-order chi connectivity index (χ1) is 5.36. The highest BCUT2D eigenvalue weighted by Gasteiger charge is 1.95. The Balaban J connectivity index is 2.73. The number of nitrogens with zero attached hydrogens (tertiary/aromatic N) is 2. The summed E-state index contributed by atoms with van der Waals surface area (Å²) >= 11 is 0. The molecule has 0 atom stereocenters. The maximum atomic E-state index is 4.24.